The molecule has 0 rings (SSSR count). The van der Waals surface area contributed by atoms with Crippen molar-refractivity contribution >= 4 is 118 Å². The average Bonchev–Trinajstić information content (AvgIpc) is 3.14. The van der Waals surface area contributed by atoms with Crippen LogP contribution in [0.25, 0.3) is 0 Å². The van der Waals surface area contributed by atoms with Gasteiger partial charge in [-0.3, -0.25) is 0 Å². The smallest absolute Gasteiger partial charge is 0.0392 e. The molecule has 0 bridgehead atoms. The van der Waals surface area contributed by atoms with Crippen LogP contribution in [0, 0.1) is 59.2 Å². The van der Waals surface area contributed by atoms with Gasteiger partial charge in [0.25, 0.3) is 0 Å². The normalized spacial score (nSPS) is 14.6. The average molecular weight is 982 g/mol. The highest BCUT2D eigenvalue weighted by atomic mass is 32.2. The van der Waals surface area contributed by atoms with Crippen molar-refractivity contribution in [3.63, 3.8) is 0 Å². The van der Waals surface area contributed by atoms with Crippen LogP contribution in [0.4, 0.5) is 0 Å². The van der Waals surface area contributed by atoms with Gasteiger partial charge in [-0.1, -0.05) is 83.1 Å². The molecule has 0 radical (unpaired) electrons. The molecule has 0 aromatic rings. The Balaban J connectivity index is 4.88. The van der Waals surface area contributed by atoms with Gasteiger partial charge in [0.1, 0.15) is 0 Å². The van der Waals surface area contributed by atoms with E-state index in [4.69, 9.17) is 0 Å². The summed E-state index contributed by atoms with van der Waals surface area (Å²) in [4.78, 5) is 0. The molecule has 4 atom stereocenters. The Morgan fingerprint density at radius 3 is 1.00 bits per heavy atom. The molecule has 4 unspecified atom stereocenters. The Bertz CT molecular complexity index is 793. The van der Waals surface area contributed by atoms with E-state index in [9.17, 15) is 0 Å². The summed E-state index contributed by atoms with van der Waals surface area (Å²) in [6, 6.07) is 0. The summed E-state index contributed by atoms with van der Waals surface area (Å²) in [5, 5.41) is 3.83. The molecule has 0 nitrogen and oxygen atoms in total. The van der Waals surface area contributed by atoms with Gasteiger partial charge >= 0.3 is 0 Å². The van der Waals surface area contributed by atoms with Gasteiger partial charge in [-0.05, 0) is 191 Å². The van der Waals surface area contributed by atoms with Gasteiger partial charge in [0.15, 0.2) is 0 Å². The van der Waals surface area contributed by atoms with Gasteiger partial charge in [0.2, 0.25) is 0 Å². The van der Waals surface area contributed by atoms with Crippen molar-refractivity contribution in [2.24, 2.45) is 59.2 Å². The summed E-state index contributed by atoms with van der Waals surface area (Å²) in [5.41, 5.74) is 0. The van der Waals surface area contributed by atoms with Gasteiger partial charge in [0.05, 0.1) is 0 Å². The first-order chi connectivity index (χ1) is 27.3. The fourth-order valence-corrected chi connectivity index (χ4v) is 18.9. The number of hydrogen-bond donors (Lipinski definition) is 0. The molecule has 0 amide bonds. The first kappa shape index (κ1) is 60.5. The Kier molecular flexibility index (Phi) is 46.1. The van der Waals surface area contributed by atoms with Gasteiger partial charge < -0.3 is 0 Å². The third-order valence-corrected chi connectivity index (χ3v) is 23.0. The lowest BCUT2D eigenvalue weighted by molar-refractivity contribution is 0.424. The van der Waals surface area contributed by atoms with E-state index in [2.05, 4.69) is 201 Å². The summed E-state index contributed by atoms with van der Waals surface area (Å²) in [6.45, 7) is 28.8. The van der Waals surface area contributed by atoms with Gasteiger partial charge in [-0.25, -0.2) is 0 Å². The van der Waals surface area contributed by atoms with Crippen molar-refractivity contribution in [2.45, 2.75) is 134 Å². The third kappa shape index (κ3) is 43.2. The maximum absolute atomic E-state index is 2.58. The highest BCUT2D eigenvalue weighted by molar-refractivity contribution is 8.16. The molecule has 0 saturated heterocycles. The second-order valence-electron chi connectivity index (χ2n) is 18.6. The number of rotatable bonds is 44. The van der Waals surface area contributed by atoms with E-state index in [1.807, 2.05) is 0 Å². The standard InChI is InChI=1S/C47H96S10/c1-38(2)13-21-48-25-17-45(18-26-49-22-14-39(3)4)32-55-37-54-31-44(12)47(34-57-36-53-29-42(9)10)20-28-52-35-56-33-46(19-27-50-23-15-40(5)6)43(11)30-51-24-16-41(7)8/h38-47H,13-37H2,1-12H3. The summed E-state index contributed by atoms with van der Waals surface area (Å²) < 4.78 is 0. The molecular formula is C47H96S10. The lowest BCUT2D eigenvalue weighted by Gasteiger charge is -2.25. The Morgan fingerprint density at radius 1 is 0.246 bits per heavy atom. The maximum Gasteiger partial charge on any atom is 0.0392 e. The predicted octanol–water partition coefficient (Wildman–Crippen LogP) is 17.7. The minimum atomic E-state index is 0.801. The van der Waals surface area contributed by atoms with Crippen LogP contribution in [0.1, 0.15) is 134 Å². The molecular weight excluding hydrogens is 885 g/mol. The monoisotopic (exact) mass is 980 g/mol. The van der Waals surface area contributed by atoms with Crippen LogP contribution in [0.15, 0.2) is 0 Å². The van der Waals surface area contributed by atoms with Gasteiger partial charge in [-0.15, -0.1) is 0 Å². The number of hydrogen-bond acceptors (Lipinski definition) is 10. The minimum absolute atomic E-state index is 0.801. The molecule has 0 fully saturated rings. The molecule has 0 spiro atoms. The highest BCUT2D eigenvalue weighted by Gasteiger charge is 2.20. The molecule has 0 saturated carbocycles. The summed E-state index contributed by atoms with van der Waals surface area (Å²) in [5.74, 6) is 27.2. The molecule has 0 aliphatic carbocycles. The lowest BCUT2D eigenvalue weighted by atomic mass is 9.95. The molecule has 344 valence electrons. The van der Waals surface area contributed by atoms with Gasteiger partial charge in [0, 0.05) is 15.3 Å². The maximum atomic E-state index is 2.58. The quantitative estimate of drug-likeness (QED) is 0.0426. The molecule has 10 heteroatoms. The predicted molar refractivity (Wildman–Crippen MR) is 299 cm³/mol. The largest absolute Gasteiger partial charge is 0.162 e. The van der Waals surface area contributed by atoms with Crippen molar-refractivity contribution in [1.82, 2.24) is 0 Å². The Morgan fingerprint density at radius 2 is 0.561 bits per heavy atom. The molecule has 0 aromatic carbocycles. The summed E-state index contributed by atoms with van der Waals surface area (Å²) >= 11 is 22.2. The van der Waals surface area contributed by atoms with Crippen LogP contribution in [-0.4, -0.2) is 95.8 Å². The van der Waals surface area contributed by atoms with Crippen molar-refractivity contribution in [2.75, 3.05) is 95.8 Å². The second kappa shape index (κ2) is 43.4. The van der Waals surface area contributed by atoms with E-state index in [1.165, 1.54) is 147 Å². The number of thioether (sulfide) groups is 10. The van der Waals surface area contributed by atoms with Crippen LogP contribution < -0.4 is 0 Å². The van der Waals surface area contributed by atoms with E-state index < -0.39 is 0 Å². The first-order valence-corrected chi connectivity index (χ1v) is 34.6. The van der Waals surface area contributed by atoms with E-state index >= 15 is 0 Å². The summed E-state index contributed by atoms with van der Waals surface area (Å²) in [6.07, 6.45) is 11.1. The topological polar surface area (TPSA) is 0 Å². The SMILES string of the molecule is CC(C)CCSCCC(CCSCCC(C)C)CSCSCC(C)C(CCSCSCC(CCSCCC(C)C)C(C)CSCCC(C)C)CSCSCC(C)C. The van der Waals surface area contributed by atoms with Crippen LogP contribution in [0.2, 0.25) is 0 Å². The minimum Gasteiger partial charge on any atom is -0.162 e. The highest BCUT2D eigenvalue weighted by Crippen LogP contribution is 2.32. The summed E-state index contributed by atoms with van der Waals surface area (Å²) in [7, 11) is 0. The van der Waals surface area contributed by atoms with Crippen LogP contribution in [0.5, 0.6) is 0 Å². The van der Waals surface area contributed by atoms with Crippen molar-refractivity contribution in [1.29, 1.82) is 0 Å². The molecule has 0 N–H and O–H groups in total. The fraction of sp³-hybridized carbons (Fsp3) is 1.00. The van der Waals surface area contributed by atoms with Crippen molar-refractivity contribution in [3.8, 4) is 0 Å². The Hall–Kier alpha value is 3.50. The van der Waals surface area contributed by atoms with Crippen molar-refractivity contribution in [3.05, 3.63) is 0 Å². The van der Waals surface area contributed by atoms with Crippen molar-refractivity contribution < 1.29 is 0 Å². The molecule has 57 heavy (non-hydrogen) atoms. The zero-order chi connectivity index (χ0) is 42.5. The Labute approximate surface area is 403 Å². The van der Waals surface area contributed by atoms with Crippen LogP contribution in [-0.2, 0) is 0 Å². The van der Waals surface area contributed by atoms with E-state index in [1.54, 1.807) is 0 Å². The van der Waals surface area contributed by atoms with E-state index in [-0.39, 0.29) is 0 Å². The molecule has 0 aromatic heterocycles. The third-order valence-electron chi connectivity index (χ3n) is 10.3. The zero-order valence-electron chi connectivity index (χ0n) is 39.5. The van der Waals surface area contributed by atoms with Crippen LogP contribution >= 0.6 is 118 Å². The van der Waals surface area contributed by atoms with Crippen LogP contribution in [0.3, 0.4) is 0 Å². The van der Waals surface area contributed by atoms with Gasteiger partial charge in [-0.2, -0.15) is 118 Å². The molecule has 0 aliphatic heterocycles. The molecule has 0 heterocycles. The van der Waals surface area contributed by atoms with E-state index in [0.29, 0.717) is 0 Å². The fourth-order valence-electron chi connectivity index (χ4n) is 5.84. The lowest BCUT2D eigenvalue weighted by Crippen LogP contribution is -2.19. The second-order valence-corrected chi connectivity index (χ2v) is 30.8. The zero-order valence-corrected chi connectivity index (χ0v) is 47.7. The molecule has 0 aliphatic rings. The first-order valence-electron chi connectivity index (χ1n) is 23.1. The van der Waals surface area contributed by atoms with E-state index in [0.717, 1.165) is 59.2 Å².